The van der Waals surface area contributed by atoms with Gasteiger partial charge in [-0.1, -0.05) is 40.7 Å². The minimum absolute atomic E-state index is 0.0568. The Morgan fingerprint density at radius 1 is 1.20 bits per heavy atom. The van der Waals surface area contributed by atoms with E-state index in [1.165, 1.54) is 6.07 Å². The third-order valence-electron chi connectivity index (χ3n) is 3.89. The lowest BCUT2D eigenvalue weighted by atomic mass is 9.82. The summed E-state index contributed by atoms with van der Waals surface area (Å²) in [7, 11) is 0. The topological polar surface area (TPSA) is 84.2 Å². The molecule has 0 aliphatic carbocycles. The van der Waals surface area contributed by atoms with Gasteiger partial charge in [0.2, 0.25) is 11.8 Å². The van der Waals surface area contributed by atoms with E-state index in [0.29, 0.717) is 0 Å². The summed E-state index contributed by atoms with van der Waals surface area (Å²) in [6.07, 6.45) is 0. The average molecular weight is 355 g/mol. The lowest BCUT2D eigenvalue weighted by Gasteiger charge is -2.32. The van der Waals surface area contributed by atoms with Crippen LogP contribution >= 0.6 is 0 Å². The van der Waals surface area contributed by atoms with Gasteiger partial charge in [0.1, 0.15) is 11.6 Å². The molecule has 7 heteroatoms. The molecule has 1 unspecified atom stereocenters. The zero-order valence-electron chi connectivity index (χ0n) is 15.3. The zero-order chi connectivity index (χ0) is 19.4. The first-order valence-electron chi connectivity index (χ1n) is 8.21. The maximum absolute atomic E-state index is 14.1. The van der Waals surface area contributed by atoms with E-state index in [0.717, 1.165) is 12.1 Å². The highest BCUT2D eigenvalue weighted by Crippen LogP contribution is 2.34. The Balaban J connectivity index is 2.83. The van der Waals surface area contributed by atoms with Crippen LogP contribution in [0.15, 0.2) is 18.2 Å². The molecule has 0 bridgehead atoms. The van der Waals surface area contributed by atoms with Crippen LogP contribution in [0.2, 0.25) is 0 Å². The Kier molecular flexibility index (Phi) is 7.05. The Morgan fingerprint density at radius 3 is 2.28 bits per heavy atom. The second-order valence-electron chi connectivity index (χ2n) is 7.52. The van der Waals surface area contributed by atoms with Crippen molar-refractivity contribution in [2.45, 2.75) is 46.7 Å². The van der Waals surface area contributed by atoms with Gasteiger partial charge in [-0.25, -0.2) is 8.78 Å². The normalized spacial score (nSPS) is 14.1. The van der Waals surface area contributed by atoms with Crippen LogP contribution in [0.4, 0.5) is 8.78 Å². The number of halogens is 2. The number of rotatable bonds is 6. The van der Waals surface area contributed by atoms with Gasteiger partial charge >= 0.3 is 0 Å². The molecule has 1 aromatic rings. The molecule has 140 valence electrons. The van der Waals surface area contributed by atoms with Gasteiger partial charge in [-0.05, 0) is 17.4 Å². The molecule has 0 heterocycles. The Bertz CT molecular complexity index is 627. The van der Waals surface area contributed by atoms with Gasteiger partial charge < -0.3 is 16.4 Å². The predicted octanol–water partition coefficient (Wildman–Crippen LogP) is 2.27. The van der Waals surface area contributed by atoms with E-state index in [4.69, 9.17) is 5.73 Å². The second kappa shape index (κ2) is 8.38. The van der Waals surface area contributed by atoms with Crippen molar-refractivity contribution in [3.63, 3.8) is 0 Å². The maximum atomic E-state index is 14.1. The molecule has 0 saturated heterocycles. The monoisotopic (exact) mass is 355 g/mol. The highest BCUT2D eigenvalue weighted by atomic mass is 19.1. The molecule has 0 saturated carbocycles. The summed E-state index contributed by atoms with van der Waals surface area (Å²) in [5, 5.41) is 5.17. The fraction of sp³-hybridized carbons (Fsp3) is 0.556. The van der Waals surface area contributed by atoms with Crippen molar-refractivity contribution >= 4 is 11.8 Å². The maximum Gasteiger partial charge on any atom is 0.239 e. The van der Waals surface area contributed by atoms with Crippen molar-refractivity contribution in [2.24, 2.45) is 17.1 Å². The second-order valence-corrected chi connectivity index (χ2v) is 7.52. The van der Waals surface area contributed by atoms with E-state index in [2.05, 4.69) is 10.6 Å². The van der Waals surface area contributed by atoms with Gasteiger partial charge in [-0.15, -0.1) is 0 Å². The van der Waals surface area contributed by atoms with E-state index < -0.39 is 40.9 Å². The molecular weight excluding hydrogens is 328 g/mol. The molecule has 4 N–H and O–H groups in total. The molecule has 2 amide bonds. The Morgan fingerprint density at radius 2 is 1.80 bits per heavy atom. The Labute approximate surface area is 147 Å². The van der Waals surface area contributed by atoms with Crippen molar-refractivity contribution in [3.8, 4) is 0 Å². The van der Waals surface area contributed by atoms with Crippen molar-refractivity contribution in [1.29, 1.82) is 0 Å². The number of hydrogen-bond acceptors (Lipinski definition) is 3. The van der Waals surface area contributed by atoms with Crippen LogP contribution in [0.1, 0.15) is 46.2 Å². The minimum atomic E-state index is -0.730. The quantitative estimate of drug-likeness (QED) is 0.732. The molecule has 0 fully saturated rings. The van der Waals surface area contributed by atoms with Crippen LogP contribution in [-0.2, 0) is 9.59 Å². The van der Waals surface area contributed by atoms with Crippen molar-refractivity contribution in [3.05, 3.63) is 35.4 Å². The van der Waals surface area contributed by atoms with Crippen molar-refractivity contribution in [2.75, 3.05) is 6.54 Å². The van der Waals surface area contributed by atoms with Crippen LogP contribution in [0.3, 0.4) is 0 Å². The zero-order valence-corrected chi connectivity index (χ0v) is 15.3. The van der Waals surface area contributed by atoms with E-state index in [1.807, 2.05) is 20.8 Å². The summed E-state index contributed by atoms with van der Waals surface area (Å²) in [6.45, 7) is 8.82. The lowest BCUT2D eigenvalue weighted by Crippen LogP contribution is -2.48. The predicted molar refractivity (Wildman–Crippen MR) is 92.5 cm³/mol. The van der Waals surface area contributed by atoms with Gasteiger partial charge in [0.15, 0.2) is 0 Å². The molecule has 0 radical (unpaired) electrons. The highest BCUT2D eigenvalue weighted by Gasteiger charge is 2.30. The van der Waals surface area contributed by atoms with E-state index in [1.54, 1.807) is 13.8 Å². The third-order valence-corrected chi connectivity index (χ3v) is 3.89. The van der Waals surface area contributed by atoms with Crippen molar-refractivity contribution in [1.82, 2.24) is 10.6 Å². The van der Waals surface area contributed by atoms with Crippen LogP contribution < -0.4 is 16.4 Å². The fourth-order valence-electron chi connectivity index (χ4n) is 2.30. The fourth-order valence-corrected chi connectivity index (χ4v) is 2.30. The summed E-state index contributed by atoms with van der Waals surface area (Å²) in [5.74, 6) is -2.38. The largest absolute Gasteiger partial charge is 0.347 e. The molecular formula is C18H27F2N3O2. The molecule has 5 nitrogen and oxygen atoms in total. The first kappa shape index (κ1) is 21.0. The molecule has 0 aliphatic rings. The van der Waals surface area contributed by atoms with Crippen LogP contribution in [0.5, 0.6) is 0 Å². The lowest BCUT2D eigenvalue weighted by molar-refractivity contribution is -0.128. The van der Waals surface area contributed by atoms with Gasteiger partial charge in [0.25, 0.3) is 0 Å². The molecule has 25 heavy (non-hydrogen) atoms. The number of nitrogens with one attached hydrogen (secondary N) is 2. The number of amides is 2. The van der Waals surface area contributed by atoms with E-state index in [-0.39, 0.29) is 18.0 Å². The van der Waals surface area contributed by atoms with Gasteiger partial charge in [-0.3, -0.25) is 9.59 Å². The van der Waals surface area contributed by atoms with E-state index in [9.17, 15) is 18.4 Å². The minimum Gasteiger partial charge on any atom is -0.347 e. The molecule has 0 aromatic heterocycles. The van der Waals surface area contributed by atoms with Gasteiger partial charge in [0, 0.05) is 11.6 Å². The highest BCUT2D eigenvalue weighted by molar-refractivity contribution is 5.87. The molecule has 0 aliphatic heterocycles. The summed E-state index contributed by atoms with van der Waals surface area (Å²) < 4.78 is 27.2. The van der Waals surface area contributed by atoms with Crippen LogP contribution in [0, 0.1) is 23.0 Å². The molecule has 0 spiro atoms. The average Bonchev–Trinajstić information content (AvgIpc) is 2.49. The SMILES string of the molecule is CC(C)[C@H](N)C(=O)NCC(=O)NC(c1ccc(F)cc1F)C(C)(C)C. The molecule has 1 aromatic carbocycles. The summed E-state index contributed by atoms with van der Waals surface area (Å²) in [6, 6.07) is 1.85. The molecule has 2 atom stereocenters. The summed E-state index contributed by atoms with van der Waals surface area (Å²) in [5.41, 5.74) is 5.38. The van der Waals surface area contributed by atoms with Crippen LogP contribution in [0.25, 0.3) is 0 Å². The Hall–Kier alpha value is -2.02. The van der Waals surface area contributed by atoms with Gasteiger partial charge in [-0.2, -0.15) is 0 Å². The first-order chi connectivity index (χ1) is 11.4. The molecule has 1 rings (SSSR count). The standard InChI is InChI=1S/C18H27F2N3O2/c1-10(2)15(21)17(25)22-9-14(24)23-16(18(3,4)5)12-7-6-11(19)8-13(12)20/h6-8,10,15-16H,9,21H2,1-5H3,(H,22,25)(H,23,24)/t15-,16?/m0/s1. The van der Waals surface area contributed by atoms with Crippen LogP contribution in [-0.4, -0.2) is 24.4 Å². The smallest absolute Gasteiger partial charge is 0.239 e. The number of nitrogens with two attached hydrogens (primary N) is 1. The third kappa shape index (κ3) is 6.08. The number of carbonyl (C=O) groups excluding carboxylic acids is 2. The number of carbonyl (C=O) groups is 2. The first-order valence-corrected chi connectivity index (χ1v) is 8.21. The number of hydrogen-bond donors (Lipinski definition) is 3. The van der Waals surface area contributed by atoms with Gasteiger partial charge in [0.05, 0.1) is 18.6 Å². The summed E-state index contributed by atoms with van der Waals surface area (Å²) in [4.78, 5) is 24.0. The summed E-state index contributed by atoms with van der Waals surface area (Å²) >= 11 is 0. The van der Waals surface area contributed by atoms with E-state index >= 15 is 0 Å². The van der Waals surface area contributed by atoms with Crippen molar-refractivity contribution < 1.29 is 18.4 Å². The number of benzene rings is 1.